The molecule has 1 saturated heterocycles. The van der Waals surface area contributed by atoms with E-state index in [1.54, 1.807) is 18.9 Å². The molecule has 9 heteroatoms. The standard InChI is InChI=1S/C31H43N5O4/c1-19(2)15-33-22-11-21-9-7-5-6-8-10-27(38)34-18-31-13-25(30(40)32-4)36(26(31)14-31)28(39)17-35-16-24(20(3)37)23(12-22)29(21)35/h11-12,16,19,25-26,33H,5-10,13-15,17-18H2,1-4H3,(H,32,40)(H,34,38)/t25-,26+,31-/m0/s1. The number of ketones is 1. The lowest BCUT2D eigenvalue weighted by Crippen LogP contribution is -2.48. The van der Waals surface area contributed by atoms with E-state index in [1.165, 1.54) is 0 Å². The smallest absolute Gasteiger partial charge is 0.243 e. The third-order valence-electron chi connectivity index (χ3n) is 8.94. The van der Waals surface area contributed by atoms with Crippen LogP contribution in [0.4, 0.5) is 5.69 Å². The highest BCUT2D eigenvalue weighted by molar-refractivity contribution is 6.09. The zero-order valence-electron chi connectivity index (χ0n) is 24.3. The van der Waals surface area contributed by atoms with Crippen LogP contribution in [0.15, 0.2) is 18.3 Å². The minimum Gasteiger partial charge on any atom is -0.385 e. The first-order valence-electron chi connectivity index (χ1n) is 14.8. The fraction of sp³-hybridized carbons (Fsp3) is 0.613. The SMILES string of the molecule is CNC(=O)[C@@H]1C[C@]23CNC(=O)CCCCCCc4cc(NCC(C)C)cc5c(C(C)=O)cn(c45)CC(=O)N1[C@@H]2C3. The molecule has 3 N–H and O–H groups in total. The van der Waals surface area contributed by atoms with Crippen LogP contribution >= 0.6 is 0 Å². The quantitative estimate of drug-likeness (QED) is 0.493. The second-order valence-corrected chi connectivity index (χ2v) is 12.4. The fourth-order valence-electron chi connectivity index (χ4n) is 6.73. The van der Waals surface area contributed by atoms with Gasteiger partial charge in [-0.05, 0) is 62.6 Å². The number of carbonyl (C=O) groups excluding carboxylic acids is 4. The van der Waals surface area contributed by atoms with Crippen molar-refractivity contribution in [1.82, 2.24) is 20.1 Å². The minimum atomic E-state index is -0.563. The van der Waals surface area contributed by atoms with Crippen LogP contribution in [0.25, 0.3) is 10.9 Å². The maximum Gasteiger partial charge on any atom is 0.243 e. The summed E-state index contributed by atoms with van der Waals surface area (Å²) >= 11 is 0. The first kappa shape index (κ1) is 28.2. The number of amides is 3. The predicted octanol–water partition coefficient (Wildman–Crippen LogP) is 3.64. The Kier molecular flexibility index (Phi) is 7.93. The molecular weight excluding hydrogens is 506 g/mol. The highest BCUT2D eigenvalue weighted by Crippen LogP contribution is 2.59. The van der Waals surface area contributed by atoms with E-state index in [0.29, 0.717) is 30.9 Å². The average molecular weight is 550 g/mol. The van der Waals surface area contributed by atoms with Gasteiger partial charge in [-0.2, -0.15) is 0 Å². The normalized spacial score (nSPS) is 25.4. The Morgan fingerprint density at radius 3 is 2.55 bits per heavy atom. The number of aromatic nitrogens is 1. The summed E-state index contributed by atoms with van der Waals surface area (Å²) in [5.41, 5.74) is 3.37. The lowest BCUT2D eigenvalue weighted by Gasteiger charge is -2.27. The lowest BCUT2D eigenvalue weighted by molar-refractivity contribution is -0.140. The molecule has 5 rings (SSSR count). The van der Waals surface area contributed by atoms with Crippen molar-refractivity contribution in [3.8, 4) is 0 Å². The van der Waals surface area contributed by atoms with Crippen molar-refractivity contribution in [1.29, 1.82) is 0 Å². The second-order valence-electron chi connectivity index (χ2n) is 12.4. The number of Topliss-reactive ketones (excluding diaryl/α,β-unsaturated/α-hetero) is 1. The molecule has 216 valence electrons. The number of nitrogens with zero attached hydrogens (tertiary/aromatic N) is 2. The number of hydrogen-bond donors (Lipinski definition) is 3. The summed E-state index contributed by atoms with van der Waals surface area (Å²) in [7, 11) is 1.59. The van der Waals surface area contributed by atoms with Gasteiger partial charge in [0.25, 0.3) is 0 Å². The third kappa shape index (κ3) is 5.47. The van der Waals surface area contributed by atoms with Crippen molar-refractivity contribution < 1.29 is 19.2 Å². The van der Waals surface area contributed by atoms with Gasteiger partial charge in [0.15, 0.2) is 5.78 Å². The fourth-order valence-corrected chi connectivity index (χ4v) is 6.73. The Morgan fingerprint density at radius 1 is 1.10 bits per heavy atom. The first-order chi connectivity index (χ1) is 19.1. The summed E-state index contributed by atoms with van der Waals surface area (Å²) in [6, 6.07) is 3.56. The van der Waals surface area contributed by atoms with E-state index in [0.717, 1.165) is 67.2 Å². The number of hydrogen-bond acceptors (Lipinski definition) is 5. The van der Waals surface area contributed by atoms with Crippen LogP contribution in [0, 0.1) is 11.3 Å². The molecule has 2 fully saturated rings. The molecule has 40 heavy (non-hydrogen) atoms. The van der Waals surface area contributed by atoms with Crippen LogP contribution in [0.3, 0.4) is 0 Å². The third-order valence-corrected chi connectivity index (χ3v) is 8.94. The Bertz CT molecular complexity index is 1330. The zero-order valence-corrected chi connectivity index (χ0v) is 24.3. The van der Waals surface area contributed by atoms with Gasteiger partial charge in [-0.25, -0.2) is 0 Å². The van der Waals surface area contributed by atoms with Gasteiger partial charge in [0.2, 0.25) is 17.7 Å². The molecule has 0 unspecified atom stereocenters. The largest absolute Gasteiger partial charge is 0.385 e. The Morgan fingerprint density at radius 2 is 1.85 bits per heavy atom. The Labute approximate surface area is 236 Å². The van der Waals surface area contributed by atoms with E-state index >= 15 is 0 Å². The number of likely N-dealkylation sites (N-methyl/N-ethyl adjacent to an activating group) is 1. The summed E-state index contributed by atoms with van der Waals surface area (Å²) in [5, 5.41) is 10.2. The van der Waals surface area contributed by atoms with E-state index in [4.69, 9.17) is 0 Å². The molecule has 1 aromatic carbocycles. The second kappa shape index (κ2) is 11.3. The van der Waals surface area contributed by atoms with Crippen molar-refractivity contribution in [2.75, 3.05) is 25.5 Å². The van der Waals surface area contributed by atoms with Crippen LogP contribution in [-0.2, 0) is 27.3 Å². The van der Waals surface area contributed by atoms with Gasteiger partial charge >= 0.3 is 0 Å². The summed E-state index contributed by atoms with van der Waals surface area (Å²) in [6.07, 6.45) is 8.22. The highest BCUT2D eigenvalue weighted by Gasteiger charge is 2.66. The predicted molar refractivity (Wildman–Crippen MR) is 155 cm³/mol. The zero-order chi connectivity index (χ0) is 28.6. The molecule has 3 amide bonds. The van der Waals surface area contributed by atoms with Crippen molar-refractivity contribution >= 4 is 40.1 Å². The molecule has 2 bridgehead atoms. The molecule has 1 saturated carbocycles. The van der Waals surface area contributed by atoms with Gasteiger partial charge in [-0.3, -0.25) is 19.2 Å². The van der Waals surface area contributed by atoms with E-state index in [-0.39, 0.29) is 41.5 Å². The molecule has 1 aliphatic carbocycles. The van der Waals surface area contributed by atoms with Gasteiger partial charge in [-0.1, -0.05) is 26.7 Å². The number of rotatable bonds is 5. The van der Waals surface area contributed by atoms with Crippen LogP contribution in [0.5, 0.6) is 0 Å². The Balaban J connectivity index is 1.56. The monoisotopic (exact) mass is 549 g/mol. The molecule has 2 aliphatic heterocycles. The minimum absolute atomic E-state index is 0.0355. The molecular formula is C31H43N5O4. The summed E-state index contributed by atoms with van der Waals surface area (Å²) < 4.78 is 1.93. The average Bonchev–Trinajstić information content (AvgIpc) is 3.33. The Hall–Kier alpha value is -3.36. The van der Waals surface area contributed by atoms with Crippen molar-refractivity contribution in [2.45, 2.75) is 90.8 Å². The van der Waals surface area contributed by atoms with E-state index < -0.39 is 6.04 Å². The molecule has 3 aliphatic rings. The highest BCUT2D eigenvalue weighted by atomic mass is 16.2. The topological polar surface area (TPSA) is 113 Å². The number of aryl methyl sites for hydroxylation is 1. The number of piperidine rings is 1. The number of anilines is 1. The molecule has 3 atom stereocenters. The van der Waals surface area contributed by atoms with Crippen molar-refractivity contribution in [2.24, 2.45) is 11.3 Å². The first-order valence-corrected chi connectivity index (χ1v) is 14.8. The molecule has 0 spiro atoms. The maximum absolute atomic E-state index is 14.0. The van der Waals surface area contributed by atoms with Crippen LogP contribution in [-0.4, -0.2) is 65.2 Å². The van der Waals surface area contributed by atoms with Gasteiger partial charge < -0.3 is 25.4 Å². The van der Waals surface area contributed by atoms with E-state index in [2.05, 4.69) is 35.9 Å². The lowest BCUT2D eigenvalue weighted by atomic mass is 9.98. The number of benzene rings is 1. The van der Waals surface area contributed by atoms with Gasteiger partial charge in [0.1, 0.15) is 12.6 Å². The maximum atomic E-state index is 14.0. The molecule has 9 nitrogen and oxygen atoms in total. The summed E-state index contributed by atoms with van der Waals surface area (Å²) in [6.45, 7) is 7.26. The van der Waals surface area contributed by atoms with Crippen molar-refractivity contribution in [3.63, 3.8) is 0 Å². The van der Waals surface area contributed by atoms with Crippen LogP contribution < -0.4 is 16.0 Å². The molecule has 0 radical (unpaired) electrons. The van der Waals surface area contributed by atoms with E-state index in [1.807, 2.05) is 16.8 Å². The van der Waals surface area contributed by atoms with Gasteiger partial charge in [0.05, 0.1) is 5.52 Å². The van der Waals surface area contributed by atoms with Crippen LogP contribution in [0.1, 0.15) is 81.6 Å². The summed E-state index contributed by atoms with van der Waals surface area (Å²) in [5.74, 6) is 0.171. The van der Waals surface area contributed by atoms with E-state index in [9.17, 15) is 19.2 Å². The van der Waals surface area contributed by atoms with Gasteiger partial charge in [0, 0.05) is 60.8 Å². The molecule has 3 heterocycles. The van der Waals surface area contributed by atoms with Crippen molar-refractivity contribution in [3.05, 3.63) is 29.5 Å². The molecule has 1 aromatic heterocycles. The summed E-state index contributed by atoms with van der Waals surface area (Å²) in [4.78, 5) is 53.9. The molecule has 2 aromatic rings. The van der Waals surface area contributed by atoms with Gasteiger partial charge in [-0.15, -0.1) is 0 Å². The van der Waals surface area contributed by atoms with Crippen LogP contribution in [0.2, 0.25) is 0 Å². The number of carbonyl (C=O) groups is 4. The number of nitrogens with one attached hydrogen (secondary N) is 3.